The molecule has 2 aromatic carbocycles. The van der Waals surface area contributed by atoms with Crippen LogP contribution in [0.1, 0.15) is 59.5 Å². The largest absolute Gasteiger partial charge is 0.507 e. The van der Waals surface area contributed by atoms with Gasteiger partial charge in [-0.15, -0.1) is 0 Å². The second-order valence-electron chi connectivity index (χ2n) is 8.95. The Labute approximate surface area is 162 Å². The molecule has 1 spiro atoms. The number of nitrogens with one attached hydrogen (secondary N) is 2. The molecule has 0 radical (unpaired) electrons. The number of hydrogen-bond donors (Lipinski definition) is 3. The molecule has 2 aromatic rings. The number of anilines is 2. The fourth-order valence-electron chi connectivity index (χ4n) is 4.95. The van der Waals surface area contributed by atoms with Gasteiger partial charge in [0.15, 0.2) is 11.6 Å². The van der Waals surface area contributed by atoms with Crippen molar-refractivity contribution in [1.29, 1.82) is 0 Å². The lowest BCUT2D eigenvalue weighted by molar-refractivity contribution is 0.0138. The normalized spacial score (nSPS) is 25.7. The van der Waals surface area contributed by atoms with Gasteiger partial charge >= 0.3 is 0 Å². The third-order valence-corrected chi connectivity index (χ3v) is 6.54. The van der Waals surface area contributed by atoms with Gasteiger partial charge in [0.25, 0.3) is 0 Å². The number of fused-ring (bicyclic) bond motifs is 4. The molecule has 144 valence electrons. The van der Waals surface area contributed by atoms with Gasteiger partial charge in [0.2, 0.25) is 0 Å². The van der Waals surface area contributed by atoms with E-state index in [1.165, 1.54) is 6.07 Å². The number of carbonyl (C=O) groups excluding carboxylic acids is 2. The minimum absolute atomic E-state index is 0.0745. The summed E-state index contributed by atoms with van der Waals surface area (Å²) in [5.41, 5.74) is 0.926. The number of benzene rings is 2. The highest BCUT2D eigenvalue weighted by atomic mass is 16.5. The summed E-state index contributed by atoms with van der Waals surface area (Å²) < 4.78 is 6.08. The zero-order valence-corrected chi connectivity index (χ0v) is 16.3. The predicted molar refractivity (Wildman–Crippen MR) is 105 cm³/mol. The topological polar surface area (TPSA) is 87.7 Å². The van der Waals surface area contributed by atoms with E-state index in [0.29, 0.717) is 23.4 Å². The highest BCUT2D eigenvalue weighted by Gasteiger charge is 2.64. The lowest BCUT2D eigenvalue weighted by Gasteiger charge is -2.45. The van der Waals surface area contributed by atoms with Gasteiger partial charge in [-0.05, 0) is 32.0 Å². The first-order valence-electron chi connectivity index (χ1n) is 9.38. The molecular formula is C22H22N2O4. The molecule has 0 aromatic heterocycles. The van der Waals surface area contributed by atoms with Crippen molar-refractivity contribution in [2.45, 2.75) is 39.0 Å². The summed E-state index contributed by atoms with van der Waals surface area (Å²) in [6.45, 7) is 8.81. The molecule has 2 aliphatic heterocycles. The van der Waals surface area contributed by atoms with Crippen LogP contribution in [0, 0.1) is 5.41 Å². The zero-order valence-electron chi connectivity index (χ0n) is 16.3. The highest BCUT2D eigenvalue weighted by Crippen LogP contribution is 2.55. The smallest absolute Gasteiger partial charge is 0.198 e. The fraction of sp³-hybridized carbons (Fsp3) is 0.364. The van der Waals surface area contributed by atoms with Crippen LogP contribution in [0.3, 0.4) is 0 Å². The summed E-state index contributed by atoms with van der Waals surface area (Å²) in [4.78, 5) is 26.4. The van der Waals surface area contributed by atoms with Gasteiger partial charge in [-0.25, -0.2) is 0 Å². The van der Waals surface area contributed by atoms with Gasteiger partial charge in [0, 0.05) is 16.5 Å². The monoisotopic (exact) mass is 378 g/mol. The molecule has 1 aliphatic carbocycles. The number of phenols is 1. The number of ether oxygens (including phenoxy) is 1. The van der Waals surface area contributed by atoms with E-state index in [1.54, 1.807) is 18.2 Å². The van der Waals surface area contributed by atoms with E-state index < -0.39 is 11.3 Å². The Bertz CT molecular complexity index is 1070. The third kappa shape index (κ3) is 1.81. The molecule has 1 saturated heterocycles. The molecule has 28 heavy (non-hydrogen) atoms. The van der Waals surface area contributed by atoms with E-state index in [1.807, 2.05) is 19.9 Å². The minimum Gasteiger partial charge on any atom is -0.507 e. The average Bonchev–Trinajstić information content (AvgIpc) is 3.12. The van der Waals surface area contributed by atoms with Gasteiger partial charge < -0.3 is 20.5 Å². The maximum absolute atomic E-state index is 13.3. The van der Waals surface area contributed by atoms with Crippen LogP contribution in [0.5, 0.6) is 5.75 Å². The van der Waals surface area contributed by atoms with E-state index in [4.69, 9.17) is 4.74 Å². The predicted octanol–water partition coefficient (Wildman–Crippen LogP) is 3.54. The second kappa shape index (κ2) is 4.94. The summed E-state index contributed by atoms with van der Waals surface area (Å²) in [7, 11) is 0. The SMILES string of the molecule is CC1(C)COC(C)(C)C12Nc1ccc3c(c1N2)C(=O)c1cccc(O)c1C3=O. The Kier molecular flexibility index (Phi) is 3.05. The van der Waals surface area contributed by atoms with Crippen LogP contribution in [0.15, 0.2) is 30.3 Å². The number of rotatable bonds is 0. The molecule has 0 amide bonds. The molecule has 2 heterocycles. The molecule has 5 rings (SSSR count). The van der Waals surface area contributed by atoms with Crippen LogP contribution in [0.25, 0.3) is 0 Å². The van der Waals surface area contributed by atoms with Crippen molar-refractivity contribution in [2.24, 2.45) is 5.41 Å². The fourth-order valence-corrected chi connectivity index (χ4v) is 4.95. The van der Waals surface area contributed by atoms with Gasteiger partial charge in [-0.1, -0.05) is 26.0 Å². The molecule has 0 bridgehead atoms. The first kappa shape index (κ1) is 17.3. The number of aromatic hydroxyl groups is 1. The van der Waals surface area contributed by atoms with Crippen LogP contribution in [-0.2, 0) is 4.74 Å². The van der Waals surface area contributed by atoms with Crippen LogP contribution in [-0.4, -0.2) is 34.5 Å². The number of phenolic OH excluding ortho intramolecular Hbond substituents is 1. The molecule has 6 nitrogen and oxygen atoms in total. The number of ketones is 2. The average molecular weight is 378 g/mol. The summed E-state index contributed by atoms with van der Waals surface area (Å²) in [6.07, 6.45) is 0. The maximum Gasteiger partial charge on any atom is 0.198 e. The van der Waals surface area contributed by atoms with Crippen molar-refractivity contribution in [3.05, 3.63) is 52.6 Å². The van der Waals surface area contributed by atoms with Gasteiger partial charge in [0.1, 0.15) is 17.0 Å². The number of hydrogen-bond acceptors (Lipinski definition) is 6. The van der Waals surface area contributed by atoms with Crippen molar-refractivity contribution in [3.8, 4) is 5.75 Å². The first-order chi connectivity index (χ1) is 13.1. The van der Waals surface area contributed by atoms with Crippen LogP contribution >= 0.6 is 0 Å². The molecule has 1 fully saturated rings. The van der Waals surface area contributed by atoms with Crippen molar-refractivity contribution in [2.75, 3.05) is 17.2 Å². The van der Waals surface area contributed by atoms with Crippen molar-refractivity contribution < 1.29 is 19.4 Å². The summed E-state index contributed by atoms with van der Waals surface area (Å²) in [6, 6.07) is 8.07. The van der Waals surface area contributed by atoms with E-state index in [2.05, 4.69) is 24.5 Å². The molecule has 6 heteroatoms. The van der Waals surface area contributed by atoms with Gasteiger partial charge in [0.05, 0.1) is 29.1 Å². The standard InChI is InChI=1S/C22H22N2O4/c1-20(2)10-28-21(3,4)22(20)23-13-9-8-12-16(17(13)24-22)19(27)11-6-5-7-14(25)15(11)18(12)26/h5-9,23-25H,10H2,1-4H3. The Balaban J connectivity index is 1.72. The maximum atomic E-state index is 13.3. The van der Waals surface area contributed by atoms with Gasteiger partial charge in [-0.2, -0.15) is 0 Å². The molecule has 1 unspecified atom stereocenters. The molecular weight excluding hydrogens is 356 g/mol. The molecule has 0 saturated carbocycles. The Morgan fingerprint density at radius 2 is 1.61 bits per heavy atom. The Hall–Kier alpha value is -2.86. The summed E-state index contributed by atoms with van der Waals surface area (Å²) in [5, 5.41) is 17.3. The molecule has 3 N–H and O–H groups in total. The van der Waals surface area contributed by atoms with Crippen LogP contribution < -0.4 is 10.6 Å². The van der Waals surface area contributed by atoms with E-state index in [0.717, 1.165) is 5.69 Å². The summed E-state index contributed by atoms with van der Waals surface area (Å²) >= 11 is 0. The highest BCUT2D eigenvalue weighted by molar-refractivity contribution is 6.31. The van der Waals surface area contributed by atoms with Crippen LogP contribution in [0.4, 0.5) is 11.4 Å². The van der Waals surface area contributed by atoms with Crippen LogP contribution in [0.2, 0.25) is 0 Å². The van der Waals surface area contributed by atoms with Gasteiger partial charge in [-0.3, -0.25) is 9.59 Å². The van der Waals surface area contributed by atoms with Crippen molar-refractivity contribution in [1.82, 2.24) is 0 Å². The zero-order chi connectivity index (χ0) is 20.1. The minimum atomic E-state index is -0.625. The molecule has 3 aliphatic rings. The first-order valence-corrected chi connectivity index (χ1v) is 9.38. The molecule has 1 atom stereocenters. The second-order valence-corrected chi connectivity index (χ2v) is 8.95. The summed E-state index contributed by atoms with van der Waals surface area (Å²) in [5.74, 6) is -0.774. The Morgan fingerprint density at radius 1 is 0.929 bits per heavy atom. The van der Waals surface area contributed by atoms with E-state index in [-0.39, 0.29) is 33.9 Å². The lowest BCUT2D eigenvalue weighted by Crippen LogP contribution is -2.62. The lowest BCUT2D eigenvalue weighted by atomic mass is 9.73. The Morgan fingerprint density at radius 3 is 2.29 bits per heavy atom. The van der Waals surface area contributed by atoms with E-state index in [9.17, 15) is 14.7 Å². The van der Waals surface area contributed by atoms with Crippen molar-refractivity contribution >= 4 is 22.9 Å². The number of carbonyl (C=O) groups is 2. The third-order valence-electron chi connectivity index (χ3n) is 6.54. The van der Waals surface area contributed by atoms with Crippen molar-refractivity contribution in [3.63, 3.8) is 0 Å². The van der Waals surface area contributed by atoms with E-state index >= 15 is 0 Å². The quantitative estimate of drug-likeness (QED) is 0.555.